The molecular formula is C14H15F3N4O. The van der Waals surface area contributed by atoms with E-state index in [1.165, 1.54) is 18.2 Å². The first-order valence-corrected chi connectivity index (χ1v) is 6.57. The predicted molar refractivity (Wildman–Crippen MR) is 77.3 cm³/mol. The topological polar surface area (TPSA) is 59.1 Å². The molecule has 8 heteroatoms. The van der Waals surface area contributed by atoms with Crippen molar-refractivity contribution < 1.29 is 17.9 Å². The lowest BCUT2D eigenvalue weighted by atomic mass is 10.3. The fraction of sp³-hybridized carbons (Fsp3) is 0.286. The molecule has 0 spiro atoms. The molecule has 2 N–H and O–H groups in total. The number of hydrogen-bond donors (Lipinski definition) is 2. The summed E-state index contributed by atoms with van der Waals surface area (Å²) in [6, 6.07) is 5.57. The molecule has 118 valence electrons. The van der Waals surface area contributed by atoms with Crippen molar-refractivity contribution in [3.63, 3.8) is 0 Å². The first-order chi connectivity index (χ1) is 10.4. The number of aryl methyl sites for hydroxylation is 1. The number of hydrogen-bond acceptors (Lipinski definition) is 5. The van der Waals surface area contributed by atoms with E-state index in [9.17, 15) is 13.2 Å². The molecule has 0 amide bonds. The number of nitrogens with one attached hydrogen (secondary N) is 2. The SMILES string of the molecule is CCNc1ncc(C)c(Nc2cccc(OC(F)(F)F)c2)n1. The van der Waals surface area contributed by atoms with Crippen LogP contribution in [0.3, 0.4) is 0 Å². The number of nitrogens with zero attached hydrogens (tertiary/aromatic N) is 2. The van der Waals surface area contributed by atoms with Crippen molar-refractivity contribution in [2.75, 3.05) is 17.2 Å². The van der Waals surface area contributed by atoms with Crippen LogP contribution in [0.15, 0.2) is 30.5 Å². The number of anilines is 3. The van der Waals surface area contributed by atoms with Gasteiger partial charge in [-0.3, -0.25) is 0 Å². The van der Waals surface area contributed by atoms with E-state index in [0.717, 1.165) is 5.56 Å². The molecule has 0 aliphatic carbocycles. The van der Waals surface area contributed by atoms with Gasteiger partial charge in [0.25, 0.3) is 0 Å². The van der Waals surface area contributed by atoms with Gasteiger partial charge in [-0.2, -0.15) is 4.98 Å². The Morgan fingerprint density at radius 1 is 1.27 bits per heavy atom. The smallest absolute Gasteiger partial charge is 0.406 e. The largest absolute Gasteiger partial charge is 0.573 e. The van der Waals surface area contributed by atoms with Crippen LogP contribution in [0.2, 0.25) is 0 Å². The third-order valence-electron chi connectivity index (χ3n) is 2.64. The molecule has 0 unspecified atom stereocenters. The van der Waals surface area contributed by atoms with Gasteiger partial charge in [0.1, 0.15) is 11.6 Å². The molecule has 0 aliphatic heterocycles. The third kappa shape index (κ3) is 4.51. The van der Waals surface area contributed by atoms with Crippen molar-refractivity contribution in [3.8, 4) is 5.75 Å². The number of benzene rings is 1. The molecule has 0 saturated heterocycles. The summed E-state index contributed by atoms with van der Waals surface area (Å²) in [5, 5.41) is 5.93. The van der Waals surface area contributed by atoms with Crippen molar-refractivity contribution in [3.05, 3.63) is 36.0 Å². The Hall–Kier alpha value is -2.51. The molecule has 2 aromatic rings. The van der Waals surface area contributed by atoms with Gasteiger partial charge in [0, 0.05) is 30.1 Å². The molecule has 0 aliphatic rings. The summed E-state index contributed by atoms with van der Waals surface area (Å²) in [7, 11) is 0. The number of aromatic nitrogens is 2. The van der Waals surface area contributed by atoms with E-state index in [1.807, 2.05) is 6.92 Å². The van der Waals surface area contributed by atoms with Crippen LogP contribution in [0.1, 0.15) is 12.5 Å². The summed E-state index contributed by atoms with van der Waals surface area (Å²) in [6.07, 6.45) is -3.09. The van der Waals surface area contributed by atoms with Gasteiger partial charge < -0.3 is 15.4 Å². The second-order valence-corrected chi connectivity index (χ2v) is 4.46. The minimum absolute atomic E-state index is 0.295. The minimum Gasteiger partial charge on any atom is -0.406 e. The quantitative estimate of drug-likeness (QED) is 0.878. The maximum Gasteiger partial charge on any atom is 0.573 e. The standard InChI is InChI=1S/C14H15F3N4O/c1-3-18-13-19-8-9(2)12(21-13)20-10-5-4-6-11(7-10)22-14(15,16)17/h4-8H,3H2,1-2H3,(H2,18,19,20,21). The third-order valence-corrected chi connectivity index (χ3v) is 2.64. The molecule has 5 nitrogen and oxygen atoms in total. The van der Waals surface area contributed by atoms with Gasteiger partial charge in [-0.15, -0.1) is 13.2 Å². The summed E-state index contributed by atoms with van der Waals surface area (Å²) in [6.45, 7) is 4.37. The van der Waals surface area contributed by atoms with Gasteiger partial charge in [-0.25, -0.2) is 4.98 Å². The fourth-order valence-corrected chi connectivity index (χ4v) is 1.72. The first-order valence-electron chi connectivity index (χ1n) is 6.57. The first kappa shape index (κ1) is 15.9. The second kappa shape index (κ2) is 6.50. The van der Waals surface area contributed by atoms with Crippen molar-refractivity contribution >= 4 is 17.5 Å². The molecular weight excluding hydrogens is 297 g/mol. The molecule has 0 saturated carbocycles. The molecule has 1 aromatic heterocycles. The number of rotatable bonds is 5. The Labute approximate surface area is 125 Å². The summed E-state index contributed by atoms with van der Waals surface area (Å²) in [5.74, 6) is 0.657. The highest BCUT2D eigenvalue weighted by molar-refractivity contribution is 5.61. The van der Waals surface area contributed by atoms with Crippen molar-refractivity contribution in [1.82, 2.24) is 9.97 Å². The van der Waals surface area contributed by atoms with Crippen LogP contribution in [0.4, 0.5) is 30.6 Å². The lowest BCUT2D eigenvalue weighted by molar-refractivity contribution is -0.274. The highest BCUT2D eigenvalue weighted by Crippen LogP contribution is 2.27. The summed E-state index contributed by atoms with van der Waals surface area (Å²) in [4.78, 5) is 8.37. The summed E-state index contributed by atoms with van der Waals surface area (Å²) < 4.78 is 40.6. The molecule has 0 fully saturated rings. The Balaban J connectivity index is 2.20. The maximum atomic E-state index is 12.2. The average Bonchev–Trinajstić information content (AvgIpc) is 2.41. The van der Waals surface area contributed by atoms with Crippen LogP contribution in [0, 0.1) is 6.92 Å². The number of ether oxygens (including phenoxy) is 1. The van der Waals surface area contributed by atoms with E-state index < -0.39 is 6.36 Å². The van der Waals surface area contributed by atoms with Crippen LogP contribution in [-0.2, 0) is 0 Å². The molecule has 22 heavy (non-hydrogen) atoms. The van der Waals surface area contributed by atoms with E-state index in [1.54, 1.807) is 19.2 Å². The highest BCUT2D eigenvalue weighted by Gasteiger charge is 2.31. The molecule has 0 bridgehead atoms. The normalized spacial score (nSPS) is 11.1. The van der Waals surface area contributed by atoms with E-state index in [-0.39, 0.29) is 5.75 Å². The average molecular weight is 312 g/mol. The molecule has 0 radical (unpaired) electrons. The zero-order chi connectivity index (χ0) is 16.2. The van der Waals surface area contributed by atoms with Crippen molar-refractivity contribution in [2.45, 2.75) is 20.2 Å². The lowest BCUT2D eigenvalue weighted by Gasteiger charge is -2.12. The van der Waals surface area contributed by atoms with Gasteiger partial charge in [0.2, 0.25) is 5.95 Å². The van der Waals surface area contributed by atoms with Gasteiger partial charge in [0.15, 0.2) is 0 Å². The number of alkyl halides is 3. The van der Waals surface area contributed by atoms with Crippen LogP contribution >= 0.6 is 0 Å². The minimum atomic E-state index is -4.72. The summed E-state index contributed by atoms with van der Waals surface area (Å²) >= 11 is 0. The van der Waals surface area contributed by atoms with Gasteiger partial charge >= 0.3 is 6.36 Å². The van der Waals surface area contributed by atoms with Crippen molar-refractivity contribution in [2.24, 2.45) is 0 Å². The van der Waals surface area contributed by atoms with Crippen LogP contribution in [0.5, 0.6) is 5.75 Å². The van der Waals surface area contributed by atoms with E-state index in [0.29, 0.717) is 24.0 Å². The predicted octanol–water partition coefficient (Wildman–Crippen LogP) is 3.86. The Bertz CT molecular complexity index is 646. The monoisotopic (exact) mass is 312 g/mol. The maximum absolute atomic E-state index is 12.2. The van der Waals surface area contributed by atoms with Crippen molar-refractivity contribution in [1.29, 1.82) is 0 Å². The molecule has 0 atom stereocenters. The van der Waals surface area contributed by atoms with Gasteiger partial charge in [0.05, 0.1) is 0 Å². The fourth-order valence-electron chi connectivity index (χ4n) is 1.72. The number of halogens is 3. The Kier molecular flexibility index (Phi) is 4.69. The van der Waals surface area contributed by atoms with Gasteiger partial charge in [-0.05, 0) is 26.0 Å². The lowest BCUT2D eigenvalue weighted by Crippen LogP contribution is -2.17. The Morgan fingerprint density at radius 2 is 2.05 bits per heavy atom. The van der Waals surface area contributed by atoms with E-state index in [4.69, 9.17) is 0 Å². The molecule has 1 heterocycles. The molecule has 1 aromatic carbocycles. The zero-order valence-corrected chi connectivity index (χ0v) is 12.0. The zero-order valence-electron chi connectivity index (χ0n) is 12.0. The van der Waals surface area contributed by atoms with Crippen LogP contribution in [-0.4, -0.2) is 22.9 Å². The van der Waals surface area contributed by atoms with Crippen LogP contribution < -0.4 is 15.4 Å². The van der Waals surface area contributed by atoms with Crippen LogP contribution in [0.25, 0.3) is 0 Å². The second-order valence-electron chi connectivity index (χ2n) is 4.46. The van der Waals surface area contributed by atoms with E-state index in [2.05, 4.69) is 25.3 Å². The molecule has 2 rings (SSSR count). The Morgan fingerprint density at radius 3 is 2.73 bits per heavy atom. The van der Waals surface area contributed by atoms with Gasteiger partial charge in [-0.1, -0.05) is 6.07 Å². The summed E-state index contributed by atoms with van der Waals surface area (Å²) in [5.41, 5.74) is 1.20. The van der Waals surface area contributed by atoms with E-state index >= 15 is 0 Å². The highest BCUT2D eigenvalue weighted by atomic mass is 19.4.